The molecule has 0 aliphatic rings. The summed E-state index contributed by atoms with van der Waals surface area (Å²) < 4.78 is 11.4. The summed E-state index contributed by atoms with van der Waals surface area (Å²) in [5, 5.41) is 17.3. The van der Waals surface area contributed by atoms with Crippen molar-refractivity contribution < 1.29 is 19.4 Å². The van der Waals surface area contributed by atoms with E-state index in [1.54, 1.807) is 13.8 Å². The van der Waals surface area contributed by atoms with Crippen LogP contribution in [-0.4, -0.2) is 52.0 Å². The Hall–Kier alpha value is -1.47. The van der Waals surface area contributed by atoms with Gasteiger partial charge in [0.2, 0.25) is 0 Å². The van der Waals surface area contributed by atoms with Crippen molar-refractivity contribution in [3.05, 3.63) is 11.4 Å². The fourth-order valence-corrected chi connectivity index (χ4v) is 1.43. The van der Waals surface area contributed by atoms with Gasteiger partial charge in [-0.2, -0.15) is 0 Å². The molecule has 0 bridgehead atoms. The summed E-state index contributed by atoms with van der Waals surface area (Å²) in [4.78, 5) is 11.5. The molecule has 18 heavy (non-hydrogen) atoms. The summed E-state index contributed by atoms with van der Waals surface area (Å²) in [6.07, 6.45) is -0.680. The SMILES string of the molecule is CCOCC(O)Cn1nnc(C(=O)OCC)c1C. The van der Waals surface area contributed by atoms with Crippen molar-refractivity contribution in [2.24, 2.45) is 0 Å². The minimum Gasteiger partial charge on any atom is -0.461 e. The van der Waals surface area contributed by atoms with Crippen LogP contribution in [0, 0.1) is 6.92 Å². The van der Waals surface area contributed by atoms with E-state index in [0.717, 1.165) is 0 Å². The van der Waals surface area contributed by atoms with Gasteiger partial charge in [0.25, 0.3) is 0 Å². The van der Waals surface area contributed by atoms with E-state index in [2.05, 4.69) is 10.3 Å². The molecular weight excluding hydrogens is 238 g/mol. The molecule has 0 saturated heterocycles. The lowest BCUT2D eigenvalue weighted by Crippen LogP contribution is -2.23. The first-order valence-corrected chi connectivity index (χ1v) is 5.93. The predicted molar refractivity (Wildman–Crippen MR) is 63.2 cm³/mol. The molecule has 0 saturated carbocycles. The second kappa shape index (κ2) is 7.07. The molecule has 7 nitrogen and oxygen atoms in total. The molecule has 102 valence electrons. The van der Waals surface area contributed by atoms with E-state index in [1.807, 2.05) is 6.92 Å². The molecular formula is C11H19N3O4. The number of aliphatic hydroxyl groups excluding tert-OH is 1. The van der Waals surface area contributed by atoms with Crippen LogP contribution in [0.3, 0.4) is 0 Å². The van der Waals surface area contributed by atoms with Crippen LogP contribution in [0.15, 0.2) is 0 Å². The Labute approximate surface area is 106 Å². The lowest BCUT2D eigenvalue weighted by molar-refractivity contribution is 0.0310. The van der Waals surface area contributed by atoms with Gasteiger partial charge in [0.05, 0.1) is 31.6 Å². The molecule has 0 fully saturated rings. The molecule has 0 aliphatic heterocycles. The molecule has 1 unspecified atom stereocenters. The Morgan fingerprint density at radius 3 is 2.78 bits per heavy atom. The summed E-state index contributed by atoms with van der Waals surface area (Å²) in [7, 11) is 0. The molecule has 1 aromatic heterocycles. The molecule has 1 heterocycles. The second-order valence-corrected chi connectivity index (χ2v) is 3.74. The summed E-state index contributed by atoms with van der Waals surface area (Å²) in [5.74, 6) is -0.499. The molecule has 0 aromatic carbocycles. The Kier molecular flexibility index (Phi) is 5.73. The highest BCUT2D eigenvalue weighted by Gasteiger charge is 2.18. The van der Waals surface area contributed by atoms with Gasteiger partial charge in [0.1, 0.15) is 0 Å². The number of ether oxygens (including phenoxy) is 2. The van der Waals surface area contributed by atoms with Crippen LogP contribution < -0.4 is 0 Å². The van der Waals surface area contributed by atoms with Gasteiger partial charge >= 0.3 is 5.97 Å². The smallest absolute Gasteiger partial charge is 0.360 e. The van der Waals surface area contributed by atoms with Crippen LogP contribution in [0.2, 0.25) is 0 Å². The standard InChI is InChI=1S/C11H19N3O4/c1-4-17-7-9(15)6-14-8(3)10(12-13-14)11(16)18-5-2/h9,15H,4-7H2,1-3H3. The van der Waals surface area contributed by atoms with E-state index in [9.17, 15) is 9.90 Å². The van der Waals surface area contributed by atoms with E-state index in [4.69, 9.17) is 9.47 Å². The number of aromatic nitrogens is 3. The Balaban J connectivity index is 2.65. The number of nitrogens with zero attached hydrogens (tertiary/aromatic N) is 3. The largest absolute Gasteiger partial charge is 0.461 e. The molecule has 1 atom stereocenters. The van der Waals surface area contributed by atoms with E-state index in [0.29, 0.717) is 12.3 Å². The normalized spacial score (nSPS) is 12.4. The van der Waals surface area contributed by atoms with Crippen molar-refractivity contribution in [3.63, 3.8) is 0 Å². The van der Waals surface area contributed by atoms with Gasteiger partial charge in [0.15, 0.2) is 5.69 Å². The fraction of sp³-hybridized carbons (Fsp3) is 0.727. The monoisotopic (exact) mass is 257 g/mol. The van der Waals surface area contributed by atoms with Gasteiger partial charge in [-0.3, -0.25) is 0 Å². The minimum atomic E-state index is -0.680. The molecule has 1 rings (SSSR count). The Morgan fingerprint density at radius 1 is 1.44 bits per heavy atom. The van der Waals surface area contributed by atoms with Gasteiger partial charge < -0.3 is 14.6 Å². The number of rotatable bonds is 7. The van der Waals surface area contributed by atoms with Crippen molar-refractivity contribution >= 4 is 5.97 Å². The third kappa shape index (κ3) is 3.78. The molecule has 1 N–H and O–H groups in total. The Bertz CT molecular complexity index is 392. The first kappa shape index (κ1) is 14.6. The summed E-state index contributed by atoms with van der Waals surface area (Å²) in [6.45, 7) is 6.58. The van der Waals surface area contributed by atoms with Crippen LogP contribution in [0.4, 0.5) is 0 Å². The maximum atomic E-state index is 11.5. The van der Waals surface area contributed by atoms with Crippen LogP contribution in [0.5, 0.6) is 0 Å². The summed E-state index contributed by atoms with van der Waals surface area (Å²) in [6, 6.07) is 0. The molecule has 0 aliphatic carbocycles. The van der Waals surface area contributed by atoms with E-state index < -0.39 is 12.1 Å². The highest BCUT2D eigenvalue weighted by Crippen LogP contribution is 2.06. The van der Waals surface area contributed by atoms with Crippen LogP contribution in [0.25, 0.3) is 0 Å². The minimum absolute atomic E-state index is 0.181. The van der Waals surface area contributed by atoms with Crippen molar-refractivity contribution in [3.8, 4) is 0 Å². The summed E-state index contributed by atoms with van der Waals surface area (Å²) in [5.41, 5.74) is 0.754. The van der Waals surface area contributed by atoms with Crippen LogP contribution >= 0.6 is 0 Å². The maximum absolute atomic E-state index is 11.5. The number of hydrogen-bond donors (Lipinski definition) is 1. The average Bonchev–Trinajstić information content (AvgIpc) is 2.69. The zero-order chi connectivity index (χ0) is 13.5. The Morgan fingerprint density at radius 2 is 2.17 bits per heavy atom. The molecule has 7 heteroatoms. The lowest BCUT2D eigenvalue weighted by atomic mass is 10.3. The van der Waals surface area contributed by atoms with E-state index >= 15 is 0 Å². The average molecular weight is 257 g/mol. The predicted octanol–water partition coefficient (Wildman–Crippen LogP) is 0.161. The lowest BCUT2D eigenvalue weighted by Gasteiger charge is -2.11. The highest BCUT2D eigenvalue weighted by atomic mass is 16.5. The number of esters is 1. The number of carbonyl (C=O) groups excluding carboxylic acids is 1. The van der Waals surface area contributed by atoms with Gasteiger partial charge in [-0.25, -0.2) is 9.48 Å². The van der Waals surface area contributed by atoms with Crippen LogP contribution in [-0.2, 0) is 16.0 Å². The molecule has 0 spiro atoms. The molecule has 0 amide bonds. The quantitative estimate of drug-likeness (QED) is 0.700. The third-order valence-electron chi connectivity index (χ3n) is 2.35. The zero-order valence-corrected chi connectivity index (χ0v) is 10.9. The topological polar surface area (TPSA) is 86.5 Å². The number of carbonyl (C=O) groups is 1. The van der Waals surface area contributed by atoms with Crippen molar-refractivity contribution in [1.29, 1.82) is 0 Å². The molecule has 1 aromatic rings. The third-order valence-corrected chi connectivity index (χ3v) is 2.35. The highest BCUT2D eigenvalue weighted by molar-refractivity contribution is 5.88. The summed E-state index contributed by atoms with van der Waals surface area (Å²) >= 11 is 0. The van der Waals surface area contributed by atoms with Gasteiger partial charge in [-0.15, -0.1) is 5.10 Å². The number of hydrogen-bond acceptors (Lipinski definition) is 6. The van der Waals surface area contributed by atoms with E-state index in [-0.39, 0.29) is 25.5 Å². The second-order valence-electron chi connectivity index (χ2n) is 3.74. The fourth-order valence-electron chi connectivity index (χ4n) is 1.43. The maximum Gasteiger partial charge on any atom is 0.360 e. The van der Waals surface area contributed by atoms with Crippen molar-refractivity contribution in [2.45, 2.75) is 33.4 Å². The van der Waals surface area contributed by atoms with Crippen molar-refractivity contribution in [2.75, 3.05) is 19.8 Å². The van der Waals surface area contributed by atoms with Gasteiger partial charge in [-0.1, -0.05) is 5.21 Å². The zero-order valence-electron chi connectivity index (χ0n) is 10.9. The van der Waals surface area contributed by atoms with Crippen molar-refractivity contribution in [1.82, 2.24) is 15.0 Å². The number of aliphatic hydroxyl groups is 1. The van der Waals surface area contributed by atoms with Crippen LogP contribution in [0.1, 0.15) is 30.0 Å². The first-order valence-electron chi connectivity index (χ1n) is 5.93. The van der Waals surface area contributed by atoms with E-state index in [1.165, 1.54) is 4.68 Å². The van der Waals surface area contributed by atoms with Gasteiger partial charge in [-0.05, 0) is 20.8 Å². The first-order chi connectivity index (χ1) is 8.60. The van der Waals surface area contributed by atoms with Gasteiger partial charge in [0, 0.05) is 6.61 Å². The molecule has 0 radical (unpaired) electrons.